The van der Waals surface area contributed by atoms with Crippen LogP contribution < -0.4 is 15.5 Å². The summed E-state index contributed by atoms with van der Waals surface area (Å²) in [4.78, 5) is 33.1. The van der Waals surface area contributed by atoms with Gasteiger partial charge in [0.1, 0.15) is 5.82 Å². The van der Waals surface area contributed by atoms with Gasteiger partial charge in [-0.15, -0.1) is 0 Å². The minimum absolute atomic E-state index is 0.137. The molecule has 7 heteroatoms. The van der Waals surface area contributed by atoms with Crippen molar-refractivity contribution in [1.82, 2.24) is 20.6 Å². The molecule has 23 heavy (non-hydrogen) atoms. The number of carbonyl (C=O) groups is 2. The molecule has 3 rings (SSSR count). The Morgan fingerprint density at radius 3 is 2.91 bits per heavy atom. The van der Waals surface area contributed by atoms with E-state index in [4.69, 9.17) is 0 Å². The number of urea groups is 1. The number of aryl methyl sites for hydroxylation is 1. The first-order valence-corrected chi connectivity index (χ1v) is 7.52. The van der Waals surface area contributed by atoms with Gasteiger partial charge in [-0.3, -0.25) is 9.69 Å². The molecule has 1 aromatic carbocycles. The van der Waals surface area contributed by atoms with E-state index < -0.39 is 0 Å². The van der Waals surface area contributed by atoms with Crippen LogP contribution in [0.3, 0.4) is 0 Å². The third-order valence-electron chi connectivity index (χ3n) is 3.76. The number of amides is 3. The summed E-state index contributed by atoms with van der Waals surface area (Å²) in [5.41, 5.74) is 2.18. The maximum Gasteiger partial charge on any atom is 0.321 e. The Bertz CT molecular complexity index is 740. The number of rotatable bonds is 4. The van der Waals surface area contributed by atoms with Gasteiger partial charge in [-0.2, -0.15) is 0 Å². The highest BCUT2D eigenvalue weighted by atomic mass is 16.2. The van der Waals surface area contributed by atoms with Crippen molar-refractivity contribution in [2.75, 3.05) is 18.0 Å². The number of nitrogens with zero attached hydrogens (tertiary/aromatic N) is 2. The number of aromatic amines is 1. The molecule has 0 unspecified atom stereocenters. The number of anilines is 1. The number of nitrogens with one attached hydrogen (secondary N) is 3. The zero-order valence-electron chi connectivity index (χ0n) is 13.1. The van der Waals surface area contributed by atoms with E-state index >= 15 is 0 Å². The SMILES string of the molecule is Cc1cnc([C@@H](C)NC(=O)c2cccc(N3CCNC3=O)c2)[nH]1. The van der Waals surface area contributed by atoms with Gasteiger partial charge in [0.15, 0.2) is 0 Å². The van der Waals surface area contributed by atoms with Crippen LogP contribution in [0.2, 0.25) is 0 Å². The van der Waals surface area contributed by atoms with E-state index in [1.807, 2.05) is 19.9 Å². The molecule has 1 aliphatic heterocycles. The zero-order valence-corrected chi connectivity index (χ0v) is 13.1. The molecule has 0 aliphatic carbocycles. The van der Waals surface area contributed by atoms with Gasteiger partial charge in [-0.25, -0.2) is 9.78 Å². The molecule has 1 saturated heterocycles. The number of hydrogen-bond acceptors (Lipinski definition) is 3. The molecule has 0 spiro atoms. The molecule has 2 heterocycles. The van der Waals surface area contributed by atoms with E-state index in [2.05, 4.69) is 20.6 Å². The van der Waals surface area contributed by atoms with Crippen LogP contribution in [-0.2, 0) is 0 Å². The normalized spacial score (nSPS) is 15.4. The first-order chi connectivity index (χ1) is 11.0. The Hall–Kier alpha value is -2.83. The molecule has 0 radical (unpaired) electrons. The second-order valence-corrected chi connectivity index (χ2v) is 5.58. The zero-order chi connectivity index (χ0) is 16.4. The fourth-order valence-electron chi connectivity index (χ4n) is 2.53. The number of carbonyl (C=O) groups excluding carboxylic acids is 2. The Morgan fingerprint density at radius 2 is 2.26 bits per heavy atom. The average Bonchev–Trinajstić information content (AvgIpc) is 3.16. The Balaban J connectivity index is 1.73. The van der Waals surface area contributed by atoms with Gasteiger partial charge in [0.05, 0.1) is 6.04 Å². The van der Waals surface area contributed by atoms with E-state index in [1.54, 1.807) is 29.3 Å². The van der Waals surface area contributed by atoms with Crippen LogP contribution in [0.1, 0.15) is 34.8 Å². The van der Waals surface area contributed by atoms with Gasteiger partial charge in [0, 0.05) is 36.2 Å². The van der Waals surface area contributed by atoms with Crippen molar-refractivity contribution >= 4 is 17.6 Å². The van der Waals surface area contributed by atoms with E-state index in [-0.39, 0.29) is 18.0 Å². The lowest BCUT2D eigenvalue weighted by molar-refractivity contribution is 0.0938. The average molecular weight is 313 g/mol. The summed E-state index contributed by atoms with van der Waals surface area (Å²) in [6, 6.07) is 6.68. The van der Waals surface area contributed by atoms with E-state index in [1.165, 1.54) is 0 Å². The Kier molecular flexibility index (Phi) is 4.01. The molecule has 1 fully saturated rings. The molecule has 3 amide bonds. The van der Waals surface area contributed by atoms with Crippen LogP contribution in [0.15, 0.2) is 30.5 Å². The van der Waals surface area contributed by atoms with Gasteiger partial charge < -0.3 is 15.6 Å². The summed E-state index contributed by atoms with van der Waals surface area (Å²) in [7, 11) is 0. The molecule has 1 atom stereocenters. The van der Waals surface area contributed by atoms with Gasteiger partial charge in [-0.05, 0) is 32.0 Å². The van der Waals surface area contributed by atoms with Crippen molar-refractivity contribution in [1.29, 1.82) is 0 Å². The highest BCUT2D eigenvalue weighted by Crippen LogP contribution is 2.19. The molecule has 3 N–H and O–H groups in total. The van der Waals surface area contributed by atoms with Gasteiger partial charge in [0.25, 0.3) is 5.91 Å². The van der Waals surface area contributed by atoms with Crippen molar-refractivity contribution in [2.45, 2.75) is 19.9 Å². The topological polar surface area (TPSA) is 90.1 Å². The maximum absolute atomic E-state index is 12.4. The lowest BCUT2D eigenvalue weighted by Gasteiger charge is -2.16. The molecule has 1 aromatic heterocycles. The standard InChI is InChI=1S/C16H19N5O2/c1-10-9-18-14(19-10)11(2)20-15(22)12-4-3-5-13(8-12)21-7-6-17-16(21)23/h3-5,8-9,11H,6-7H2,1-2H3,(H,17,23)(H,18,19)(H,20,22)/t11-/m1/s1. The quantitative estimate of drug-likeness (QED) is 0.803. The predicted octanol–water partition coefficient (Wildman–Crippen LogP) is 1.74. The largest absolute Gasteiger partial charge is 0.344 e. The summed E-state index contributed by atoms with van der Waals surface area (Å²) < 4.78 is 0. The van der Waals surface area contributed by atoms with E-state index in [9.17, 15) is 9.59 Å². The number of aromatic nitrogens is 2. The Labute approximate surface area is 134 Å². The molecule has 120 valence electrons. The van der Waals surface area contributed by atoms with Crippen LogP contribution in [0.25, 0.3) is 0 Å². The number of benzene rings is 1. The smallest absolute Gasteiger partial charge is 0.321 e. The fourth-order valence-corrected chi connectivity index (χ4v) is 2.53. The van der Waals surface area contributed by atoms with Crippen molar-refractivity contribution in [3.8, 4) is 0 Å². The summed E-state index contributed by atoms with van der Waals surface area (Å²) >= 11 is 0. The second kappa shape index (κ2) is 6.12. The molecule has 7 nitrogen and oxygen atoms in total. The van der Waals surface area contributed by atoms with E-state index in [0.717, 1.165) is 5.69 Å². The minimum atomic E-state index is -0.227. The molecule has 2 aromatic rings. The lowest BCUT2D eigenvalue weighted by atomic mass is 10.1. The van der Waals surface area contributed by atoms with Crippen LogP contribution >= 0.6 is 0 Å². The molecule has 0 bridgehead atoms. The third-order valence-corrected chi connectivity index (χ3v) is 3.76. The number of imidazole rings is 1. The minimum Gasteiger partial charge on any atom is -0.344 e. The predicted molar refractivity (Wildman–Crippen MR) is 86.4 cm³/mol. The van der Waals surface area contributed by atoms with Gasteiger partial charge in [-0.1, -0.05) is 6.07 Å². The first kappa shape index (κ1) is 15.1. The number of hydrogen-bond donors (Lipinski definition) is 3. The number of H-pyrrole nitrogens is 1. The molecule has 1 aliphatic rings. The van der Waals surface area contributed by atoms with Crippen molar-refractivity contribution in [3.63, 3.8) is 0 Å². The molecular weight excluding hydrogens is 294 g/mol. The monoisotopic (exact) mass is 313 g/mol. The molecule has 0 saturated carbocycles. The second-order valence-electron chi connectivity index (χ2n) is 5.58. The van der Waals surface area contributed by atoms with Crippen molar-refractivity contribution in [3.05, 3.63) is 47.5 Å². The highest BCUT2D eigenvalue weighted by Gasteiger charge is 2.22. The van der Waals surface area contributed by atoms with Crippen LogP contribution in [0, 0.1) is 6.92 Å². The maximum atomic E-state index is 12.4. The highest BCUT2D eigenvalue weighted by molar-refractivity contribution is 5.98. The van der Waals surface area contributed by atoms with Crippen LogP contribution in [-0.4, -0.2) is 35.0 Å². The lowest BCUT2D eigenvalue weighted by Crippen LogP contribution is -2.29. The molecular formula is C16H19N5O2. The fraction of sp³-hybridized carbons (Fsp3) is 0.312. The summed E-state index contributed by atoms with van der Waals surface area (Å²) in [5.74, 6) is 0.513. The summed E-state index contributed by atoms with van der Waals surface area (Å²) in [5, 5.41) is 5.65. The van der Waals surface area contributed by atoms with Crippen LogP contribution in [0.4, 0.5) is 10.5 Å². The van der Waals surface area contributed by atoms with E-state index in [0.29, 0.717) is 30.2 Å². The first-order valence-electron chi connectivity index (χ1n) is 7.52. The Morgan fingerprint density at radius 1 is 1.43 bits per heavy atom. The van der Waals surface area contributed by atoms with Gasteiger partial charge in [0.2, 0.25) is 0 Å². The van der Waals surface area contributed by atoms with Crippen molar-refractivity contribution in [2.24, 2.45) is 0 Å². The van der Waals surface area contributed by atoms with Gasteiger partial charge >= 0.3 is 6.03 Å². The summed E-state index contributed by atoms with van der Waals surface area (Å²) in [6.07, 6.45) is 1.73. The summed E-state index contributed by atoms with van der Waals surface area (Å²) in [6.45, 7) is 5.00. The van der Waals surface area contributed by atoms with Crippen molar-refractivity contribution < 1.29 is 9.59 Å². The third kappa shape index (κ3) is 3.18. The van der Waals surface area contributed by atoms with Crippen LogP contribution in [0.5, 0.6) is 0 Å².